The molecule has 6 nitrogen and oxygen atoms in total. The number of aryl methyl sites for hydroxylation is 3. The molecule has 7 heteroatoms. The van der Waals surface area contributed by atoms with E-state index in [1.807, 2.05) is 31.4 Å². The number of nitrogens with one attached hydrogen (secondary N) is 1. The summed E-state index contributed by atoms with van der Waals surface area (Å²) >= 11 is 5.11. The Morgan fingerprint density at radius 1 is 1.45 bits per heavy atom. The van der Waals surface area contributed by atoms with Crippen molar-refractivity contribution in [2.45, 2.75) is 33.9 Å². The van der Waals surface area contributed by atoms with Gasteiger partial charge in [0.2, 0.25) is 0 Å². The van der Waals surface area contributed by atoms with E-state index in [-0.39, 0.29) is 0 Å². The molecule has 0 fully saturated rings. The highest BCUT2D eigenvalue weighted by atomic mass is 32.1. The van der Waals surface area contributed by atoms with Crippen LogP contribution in [0.4, 0.5) is 5.82 Å². The molecule has 3 N–H and O–H groups in total. The Hall–Kier alpha value is -2.02. The van der Waals surface area contributed by atoms with Gasteiger partial charge in [0.05, 0.1) is 12.1 Å². The van der Waals surface area contributed by atoms with Crippen molar-refractivity contribution >= 4 is 23.0 Å². The van der Waals surface area contributed by atoms with Gasteiger partial charge >= 0.3 is 0 Å². The van der Waals surface area contributed by atoms with Gasteiger partial charge in [-0.25, -0.2) is 4.98 Å². The van der Waals surface area contributed by atoms with Crippen LogP contribution in [-0.4, -0.2) is 24.7 Å². The maximum atomic E-state index is 5.79. The van der Waals surface area contributed by atoms with Gasteiger partial charge in [-0.3, -0.25) is 0 Å². The van der Waals surface area contributed by atoms with Gasteiger partial charge < -0.3 is 15.6 Å². The summed E-state index contributed by atoms with van der Waals surface area (Å²) in [5.41, 5.74) is 8.51. The molecular weight excluding hydrogens is 272 g/mol. The largest absolute Gasteiger partial charge is 0.389 e. The van der Waals surface area contributed by atoms with Gasteiger partial charge in [-0.1, -0.05) is 12.2 Å². The SMILES string of the molecule is CCn1cnnc1CNc1nc(C)cc(C)c1C(N)=S. The maximum Gasteiger partial charge on any atom is 0.152 e. The summed E-state index contributed by atoms with van der Waals surface area (Å²) in [5, 5.41) is 11.2. The van der Waals surface area contributed by atoms with Crippen LogP contribution in [0.25, 0.3) is 0 Å². The van der Waals surface area contributed by atoms with Crippen LogP contribution >= 0.6 is 12.2 Å². The molecule has 0 bridgehead atoms. The fourth-order valence-electron chi connectivity index (χ4n) is 2.12. The van der Waals surface area contributed by atoms with Crippen LogP contribution in [-0.2, 0) is 13.1 Å². The Balaban J connectivity index is 2.27. The Kier molecular flexibility index (Phi) is 4.29. The molecule has 0 saturated heterocycles. The van der Waals surface area contributed by atoms with Crippen LogP contribution < -0.4 is 11.1 Å². The number of anilines is 1. The van der Waals surface area contributed by atoms with Crippen molar-refractivity contribution in [1.29, 1.82) is 0 Å². The third-order valence-electron chi connectivity index (χ3n) is 3.04. The second-order valence-corrected chi connectivity index (χ2v) is 4.99. The van der Waals surface area contributed by atoms with E-state index in [1.54, 1.807) is 6.33 Å². The van der Waals surface area contributed by atoms with E-state index >= 15 is 0 Å². The molecule has 0 aliphatic rings. The fraction of sp³-hybridized carbons (Fsp3) is 0.385. The minimum atomic E-state index is 0.342. The average Bonchev–Trinajstić information content (AvgIpc) is 2.82. The molecule has 0 saturated carbocycles. The Labute approximate surface area is 123 Å². The lowest BCUT2D eigenvalue weighted by Gasteiger charge is -2.13. The second-order valence-electron chi connectivity index (χ2n) is 4.56. The van der Waals surface area contributed by atoms with E-state index in [9.17, 15) is 0 Å². The highest BCUT2D eigenvalue weighted by Gasteiger charge is 2.12. The topological polar surface area (TPSA) is 81.7 Å². The molecule has 0 radical (unpaired) electrons. The first-order valence-corrected chi connectivity index (χ1v) is 6.82. The molecule has 0 aliphatic carbocycles. The number of rotatable bonds is 5. The van der Waals surface area contributed by atoms with Crippen LogP contribution in [0.3, 0.4) is 0 Å². The molecule has 0 spiro atoms. The second kappa shape index (κ2) is 5.96. The minimum absolute atomic E-state index is 0.342. The van der Waals surface area contributed by atoms with Crippen molar-refractivity contribution < 1.29 is 0 Å². The number of pyridine rings is 1. The van der Waals surface area contributed by atoms with E-state index in [1.165, 1.54) is 0 Å². The van der Waals surface area contributed by atoms with Gasteiger partial charge in [0.15, 0.2) is 5.82 Å². The lowest BCUT2D eigenvalue weighted by molar-refractivity contribution is 0.707. The summed E-state index contributed by atoms with van der Waals surface area (Å²) in [6.45, 7) is 7.31. The minimum Gasteiger partial charge on any atom is -0.389 e. The van der Waals surface area contributed by atoms with Gasteiger partial charge in [-0.2, -0.15) is 0 Å². The third kappa shape index (κ3) is 2.93. The summed E-state index contributed by atoms with van der Waals surface area (Å²) in [7, 11) is 0. The van der Waals surface area contributed by atoms with Crippen molar-refractivity contribution in [2.75, 3.05) is 5.32 Å². The van der Waals surface area contributed by atoms with Crippen molar-refractivity contribution in [3.05, 3.63) is 35.0 Å². The summed E-state index contributed by atoms with van der Waals surface area (Å²) < 4.78 is 1.97. The Morgan fingerprint density at radius 2 is 2.20 bits per heavy atom. The number of nitrogens with two attached hydrogens (primary N) is 1. The summed E-state index contributed by atoms with van der Waals surface area (Å²) in [6.07, 6.45) is 1.71. The van der Waals surface area contributed by atoms with Crippen LogP contribution in [0.2, 0.25) is 0 Å². The zero-order valence-corrected chi connectivity index (χ0v) is 12.7. The molecule has 0 atom stereocenters. The first-order valence-electron chi connectivity index (χ1n) is 6.41. The summed E-state index contributed by atoms with van der Waals surface area (Å²) in [6, 6.07) is 1.97. The first kappa shape index (κ1) is 14.4. The molecule has 2 aromatic rings. The van der Waals surface area contributed by atoms with Gasteiger partial charge in [0, 0.05) is 12.2 Å². The monoisotopic (exact) mass is 290 g/mol. The predicted octanol–water partition coefficient (Wildman–Crippen LogP) is 1.56. The predicted molar refractivity (Wildman–Crippen MR) is 82.6 cm³/mol. The van der Waals surface area contributed by atoms with Gasteiger partial charge in [-0.15, -0.1) is 10.2 Å². The molecule has 2 aromatic heterocycles. The molecule has 2 rings (SSSR count). The number of hydrogen-bond acceptors (Lipinski definition) is 5. The Bertz CT molecular complexity index is 634. The normalized spacial score (nSPS) is 10.6. The molecule has 106 valence electrons. The van der Waals surface area contributed by atoms with Crippen LogP contribution in [0.5, 0.6) is 0 Å². The van der Waals surface area contributed by atoms with Crippen LogP contribution in [0.15, 0.2) is 12.4 Å². The number of aromatic nitrogens is 4. The molecule has 0 amide bonds. The van der Waals surface area contributed by atoms with Crippen molar-refractivity contribution in [3.8, 4) is 0 Å². The third-order valence-corrected chi connectivity index (χ3v) is 3.25. The zero-order valence-electron chi connectivity index (χ0n) is 11.8. The molecule has 0 aromatic carbocycles. The van der Waals surface area contributed by atoms with Gasteiger partial charge in [0.1, 0.15) is 17.1 Å². The molecular formula is C13H18N6S. The number of thiocarbonyl (C=S) groups is 1. The standard InChI is InChI=1S/C13H18N6S/c1-4-19-7-16-18-10(19)6-15-13-11(12(14)20)8(2)5-9(3)17-13/h5,7H,4,6H2,1-3H3,(H2,14,20)(H,15,17). The van der Waals surface area contributed by atoms with Crippen molar-refractivity contribution in [3.63, 3.8) is 0 Å². The quantitative estimate of drug-likeness (QED) is 0.813. The van der Waals surface area contributed by atoms with Gasteiger partial charge in [0.25, 0.3) is 0 Å². The molecule has 2 heterocycles. The van der Waals surface area contributed by atoms with Crippen molar-refractivity contribution in [1.82, 2.24) is 19.7 Å². The first-order chi connectivity index (χ1) is 9.52. The van der Waals surface area contributed by atoms with E-state index in [2.05, 4.69) is 20.5 Å². The molecule has 0 unspecified atom stereocenters. The smallest absolute Gasteiger partial charge is 0.152 e. The lowest BCUT2D eigenvalue weighted by atomic mass is 10.1. The summed E-state index contributed by atoms with van der Waals surface area (Å²) in [4.78, 5) is 4.82. The zero-order chi connectivity index (χ0) is 14.7. The summed E-state index contributed by atoms with van der Waals surface area (Å²) in [5.74, 6) is 1.54. The van der Waals surface area contributed by atoms with Crippen molar-refractivity contribution in [2.24, 2.45) is 5.73 Å². The van der Waals surface area contributed by atoms with E-state index in [0.717, 1.165) is 29.2 Å². The van der Waals surface area contributed by atoms with E-state index in [0.29, 0.717) is 17.4 Å². The number of hydrogen-bond donors (Lipinski definition) is 2. The average molecular weight is 290 g/mol. The highest BCUT2D eigenvalue weighted by molar-refractivity contribution is 7.80. The number of nitrogens with zero attached hydrogens (tertiary/aromatic N) is 4. The van der Waals surface area contributed by atoms with Crippen LogP contribution in [0.1, 0.15) is 29.6 Å². The molecule has 20 heavy (non-hydrogen) atoms. The Morgan fingerprint density at radius 3 is 2.85 bits per heavy atom. The van der Waals surface area contributed by atoms with Crippen LogP contribution in [0, 0.1) is 13.8 Å². The van der Waals surface area contributed by atoms with Gasteiger partial charge in [-0.05, 0) is 32.4 Å². The lowest BCUT2D eigenvalue weighted by Crippen LogP contribution is -2.17. The fourth-order valence-corrected chi connectivity index (χ4v) is 2.38. The van der Waals surface area contributed by atoms with E-state index in [4.69, 9.17) is 18.0 Å². The maximum absolute atomic E-state index is 5.79. The highest BCUT2D eigenvalue weighted by Crippen LogP contribution is 2.19. The molecule has 0 aliphatic heterocycles. The van der Waals surface area contributed by atoms with E-state index < -0.39 is 0 Å².